The van der Waals surface area contributed by atoms with E-state index in [1.165, 1.54) is 35.7 Å². The maximum atomic E-state index is 12.9. The van der Waals surface area contributed by atoms with Gasteiger partial charge in [-0.05, 0) is 24.3 Å². The Morgan fingerprint density at radius 2 is 2.28 bits per heavy atom. The predicted molar refractivity (Wildman–Crippen MR) is 147 cm³/mol. The van der Waals surface area contributed by atoms with Crippen molar-refractivity contribution in [1.29, 1.82) is 0 Å². The summed E-state index contributed by atoms with van der Waals surface area (Å²) in [5.74, 6) is -1.38. The summed E-state index contributed by atoms with van der Waals surface area (Å²) < 4.78 is 2.10. The lowest BCUT2D eigenvalue weighted by Gasteiger charge is -2.49. The van der Waals surface area contributed by atoms with Gasteiger partial charge in [-0.3, -0.25) is 14.5 Å². The Kier molecular flexibility index (Phi) is 8.76. The highest BCUT2D eigenvalue weighted by Gasteiger charge is 2.54. The third-order valence-electron chi connectivity index (χ3n) is 5.05. The Balaban J connectivity index is 1.43. The highest BCUT2D eigenvalue weighted by Crippen LogP contribution is 2.40. The first-order chi connectivity index (χ1) is 17.3. The van der Waals surface area contributed by atoms with Gasteiger partial charge >= 0.3 is 5.97 Å². The summed E-state index contributed by atoms with van der Waals surface area (Å²) in [6, 6.07) is -1.40. The van der Waals surface area contributed by atoms with E-state index in [0.717, 1.165) is 11.3 Å². The van der Waals surface area contributed by atoms with Crippen LogP contribution in [0.25, 0.3) is 0 Å². The lowest BCUT2D eigenvalue weighted by atomic mass is 9.94. The zero-order chi connectivity index (χ0) is 25.8. The van der Waals surface area contributed by atoms with E-state index in [-0.39, 0.29) is 26.9 Å². The number of nitrogens with zero attached hydrogens (tertiary/aromatic N) is 5. The number of allylic oxidation sites excluding steroid dienone is 1. The van der Waals surface area contributed by atoms with E-state index in [1.807, 2.05) is 16.7 Å². The minimum absolute atomic E-state index is 0.0946. The van der Waals surface area contributed by atoms with E-state index in [9.17, 15) is 19.5 Å². The van der Waals surface area contributed by atoms with Crippen LogP contribution in [0.5, 0.6) is 0 Å². The first kappa shape index (κ1) is 26.7. The van der Waals surface area contributed by atoms with Gasteiger partial charge in [-0.2, -0.15) is 5.10 Å². The minimum Gasteiger partial charge on any atom is -0.477 e. The Morgan fingerprint density at radius 1 is 1.47 bits per heavy atom. The largest absolute Gasteiger partial charge is 0.477 e. The SMILES string of the molecule is CON=C(C(=O)NC1C(=O)N2C(C(=O)O)=C(/C=C/CSN3N=CSC3SC)SCC12)c1csc(N)n1. The van der Waals surface area contributed by atoms with Crippen molar-refractivity contribution >= 4 is 92.7 Å². The molecule has 0 aliphatic carbocycles. The number of anilines is 1. The topological polar surface area (TPSA) is 163 Å². The molecule has 1 saturated heterocycles. The summed E-state index contributed by atoms with van der Waals surface area (Å²) in [7, 11) is 1.28. The number of nitrogen functional groups attached to an aromatic ring is 1. The first-order valence-corrected chi connectivity index (χ1v) is 15.3. The van der Waals surface area contributed by atoms with Gasteiger partial charge in [0.15, 0.2) is 15.5 Å². The number of carbonyl (C=O) groups is 3. The number of amides is 2. The quantitative estimate of drug-likeness (QED) is 0.157. The van der Waals surface area contributed by atoms with Crippen LogP contribution < -0.4 is 11.1 Å². The number of hydrogen-bond donors (Lipinski definition) is 3. The number of hydrogen-bond acceptors (Lipinski definition) is 14. The van der Waals surface area contributed by atoms with Crippen molar-refractivity contribution in [2.75, 3.05) is 30.6 Å². The van der Waals surface area contributed by atoms with Crippen molar-refractivity contribution in [3.63, 3.8) is 0 Å². The van der Waals surface area contributed by atoms with E-state index in [1.54, 1.807) is 40.5 Å². The molecule has 0 spiro atoms. The molecule has 2 amide bonds. The number of thioether (sulfide) groups is 3. The second-order valence-corrected chi connectivity index (χ2v) is 12.2. The summed E-state index contributed by atoms with van der Waals surface area (Å²) in [5, 5.41) is 22.3. The van der Waals surface area contributed by atoms with Crippen LogP contribution in [-0.4, -0.2) is 90.1 Å². The van der Waals surface area contributed by atoms with E-state index in [0.29, 0.717) is 16.4 Å². The molecule has 12 nitrogen and oxygen atoms in total. The summed E-state index contributed by atoms with van der Waals surface area (Å²) in [6.07, 6.45) is 5.57. The Morgan fingerprint density at radius 3 is 2.94 bits per heavy atom. The van der Waals surface area contributed by atoms with Crippen LogP contribution in [0.15, 0.2) is 38.4 Å². The molecule has 3 unspecified atom stereocenters. The molecule has 4 N–H and O–H groups in total. The van der Waals surface area contributed by atoms with Crippen LogP contribution >= 0.6 is 58.6 Å². The number of aromatic nitrogens is 1. The van der Waals surface area contributed by atoms with Crippen LogP contribution in [-0.2, 0) is 19.2 Å². The van der Waals surface area contributed by atoms with Crippen molar-refractivity contribution in [2.24, 2.45) is 10.3 Å². The van der Waals surface area contributed by atoms with Gasteiger partial charge in [-0.15, -0.1) is 34.9 Å². The molecule has 3 atom stereocenters. The molecule has 0 bridgehead atoms. The molecule has 192 valence electrons. The van der Waals surface area contributed by atoms with E-state index in [4.69, 9.17) is 10.6 Å². The number of hydrazone groups is 1. The number of carbonyl (C=O) groups excluding carboxylic acids is 2. The molecule has 1 aromatic heterocycles. The van der Waals surface area contributed by atoms with E-state index >= 15 is 0 Å². The third kappa shape index (κ3) is 5.49. The highest BCUT2D eigenvalue weighted by atomic mass is 32.2. The van der Waals surface area contributed by atoms with Crippen LogP contribution in [0.4, 0.5) is 5.13 Å². The van der Waals surface area contributed by atoms with Crippen LogP contribution in [0.2, 0.25) is 0 Å². The van der Waals surface area contributed by atoms with Gasteiger partial charge in [0, 0.05) is 21.8 Å². The number of rotatable bonds is 10. The Hall–Kier alpha value is -2.34. The molecule has 1 fully saturated rings. The number of carboxylic acid groups (broad SMARTS) is 1. The lowest BCUT2D eigenvalue weighted by Crippen LogP contribution is -2.73. The maximum absolute atomic E-state index is 12.9. The monoisotopic (exact) mass is 587 g/mol. The molecule has 4 rings (SSSR count). The zero-order valence-electron chi connectivity index (χ0n) is 18.9. The maximum Gasteiger partial charge on any atom is 0.353 e. The van der Waals surface area contributed by atoms with Crippen molar-refractivity contribution < 1.29 is 24.3 Å². The van der Waals surface area contributed by atoms with Gasteiger partial charge in [-0.1, -0.05) is 23.0 Å². The molecular formula is C19H21N7O5S5. The number of aliphatic carboxylic acids is 1. The number of nitrogens with two attached hydrogens (primary N) is 1. The smallest absolute Gasteiger partial charge is 0.353 e. The summed E-state index contributed by atoms with van der Waals surface area (Å²) in [4.78, 5) is 48.3. The second-order valence-electron chi connectivity index (χ2n) is 7.15. The lowest BCUT2D eigenvalue weighted by molar-refractivity contribution is -0.153. The first-order valence-electron chi connectivity index (χ1n) is 10.2. The standard InChI is InChI=1S/C19H21N7O5S5/c1-31-24-12(9-6-34-18(20)22-9)15(27)23-13-10-7-33-11(14(17(29)30)25(10)16(13)28)4-3-5-36-26-19(32-2)35-8-21-26/h3-4,6,8,10,13,19H,5,7H2,1-2H3,(H2,20,22)(H,23,27)(H,29,30)/b4-3+,24-12?. The van der Waals surface area contributed by atoms with Crippen LogP contribution in [0.3, 0.4) is 0 Å². The van der Waals surface area contributed by atoms with Gasteiger partial charge < -0.3 is 21.0 Å². The molecule has 1 aromatic rings. The predicted octanol–water partition coefficient (Wildman–Crippen LogP) is 1.66. The summed E-state index contributed by atoms with van der Waals surface area (Å²) in [6.45, 7) is 0. The molecule has 3 aliphatic rings. The molecule has 0 radical (unpaired) electrons. The number of β-lactam (4-membered cyclic amide) rings is 1. The minimum atomic E-state index is -1.21. The average molecular weight is 588 g/mol. The highest BCUT2D eigenvalue weighted by molar-refractivity contribution is 8.24. The molecule has 36 heavy (non-hydrogen) atoms. The summed E-state index contributed by atoms with van der Waals surface area (Å²) in [5.41, 5.74) is 7.44. The molecule has 17 heteroatoms. The molecule has 3 aliphatic heterocycles. The van der Waals surface area contributed by atoms with Gasteiger partial charge in [0.25, 0.3) is 11.8 Å². The number of fused-ring (bicyclic) bond motifs is 1. The van der Waals surface area contributed by atoms with E-state index in [2.05, 4.69) is 20.6 Å². The van der Waals surface area contributed by atoms with Crippen molar-refractivity contribution in [1.82, 2.24) is 19.6 Å². The molecule has 0 saturated carbocycles. The molecule has 0 aromatic carbocycles. The number of carboxylic acids is 1. The summed E-state index contributed by atoms with van der Waals surface area (Å²) >= 11 is 7.27. The van der Waals surface area contributed by atoms with Gasteiger partial charge in [0.2, 0.25) is 0 Å². The van der Waals surface area contributed by atoms with Gasteiger partial charge in [-0.25, -0.2) is 14.2 Å². The number of oxime groups is 1. The van der Waals surface area contributed by atoms with Crippen LogP contribution in [0.1, 0.15) is 5.69 Å². The van der Waals surface area contributed by atoms with Crippen molar-refractivity contribution in [3.8, 4) is 0 Å². The normalized spacial score (nSPS) is 23.8. The Bertz CT molecular complexity index is 1170. The fourth-order valence-corrected chi connectivity index (χ4v) is 7.90. The van der Waals surface area contributed by atoms with Gasteiger partial charge in [0.05, 0.1) is 11.6 Å². The third-order valence-corrected chi connectivity index (χ3v) is 10.2. The Labute approximate surface area is 227 Å². The number of thiazole rings is 1. The zero-order valence-corrected chi connectivity index (χ0v) is 23.0. The fraction of sp³-hybridized carbons (Fsp3) is 0.368. The van der Waals surface area contributed by atoms with Crippen molar-refractivity contribution in [3.05, 3.63) is 33.8 Å². The van der Waals surface area contributed by atoms with Crippen molar-refractivity contribution in [2.45, 2.75) is 16.8 Å². The van der Waals surface area contributed by atoms with E-state index < -0.39 is 29.9 Å². The average Bonchev–Trinajstić information content (AvgIpc) is 3.51. The second kappa shape index (κ2) is 11.8. The molecule has 4 heterocycles. The van der Waals surface area contributed by atoms with Crippen LogP contribution in [0, 0.1) is 0 Å². The number of nitrogens with one attached hydrogen (secondary N) is 1. The van der Waals surface area contributed by atoms with Gasteiger partial charge in [0.1, 0.15) is 24.5 Å². The molecular weight excluding hydrogens is 567 g/mol. The fourth-order valence-electron chi connectivity index (χ4n) is 3.50.